The summed E-state index contributed by atoms with van der Waals surface area (Å²) in [5.74, 6) is 0.580. The van der Waals surface area contributed by atoms with Crippen molar-refractivity contribution in [2.24, 2.45) is 0 Å². The standard InChI is InChI=1S/C15H17ClN2/c1-9-6-11-13(17)8-14(10-4-2-3-5-10)18-15(11)7-12(9)16/h6-8,10H,2-5H2,1H3,(H2,17,18). The summed E-state index contributed by atoms with van der Waals surface area (Å²) < 4.78 is 0. The second-order valence-corrected chi connectivity index (χ2v) is 5.64. The number of halogens is 1. The molecule has 1 aliphatic carbocycles. The molecule has 94 valence electrons. The minimum absolute atomic E-state index is 0.580. The molecule has 0 unspecified atom stereocenters. The lowest BCUT2D eigenvalue weighted by atomic mass is 10.0. The number of hydrogen-bond donors (Lipinski definition) is 1. The number of fused-ring (bicyclic) bond motifs is 1. The molecule has 1 heterocycles. The maximum absolute atomic E-state index is 6.17. The summed E-state index contributed by atoms with van der Waals surface area (Å²) in [6, 6.07) is 6.01. The van der Waals surface area contributed by atoms with E-state index in [2.05, 4.69) is 0 Å². The molecule has 0 radical (unpaired) electrons. The zero-order valence-electron chi connectivity index (χ0n) is 10.5. The van der Waals surface area contributed by atoms with Gasteiger partial charge in [-0.2, -0.15) is 0 Å². The molecule has 3 heteroatoms. The molecule has 0 spiro atoms. The Morgan fingerprint density at radius 3 is 2.67 bits per heavy atom. The predicted molar refractivity (Wildman–Crippen MR) is 77.1 cm³/mol. The zero-order chi connectivity index (χ0) is 12.7. The molecular formula is C15H17ClN2. The molecule has 1 fully saturated rings. The van der Waals surface area contributed by atoms with E-state index in [1.165, 1.54) is 25.7 Å². The Kier molecular flexibility index (Phi) is 2.90. The average molecular weight is 261 g/mol. The van der Waals surface area contributed by atoms with Crippen LogP contribution in [0.5, 0.6) is 0 Å². The fourth-order valence-electron chi connectivity index (χ4n) is 2.83. The fraction of sp³-hybridized carbons (Fsp3) is 0.400. The Bertz CT molecular complexity index is 601. The third-order valence-corrected chi connectivity index (χ3v) is 4.32. The molecule has 0 amide bonds. The first-order valence-electron chi connectivity index (χ1n) is 6.51. The lowest BCUT2D eigenvalue weighted by molar-refractivity contribution is 0.701. The first kappa shape index (κ1) is 11.8. The zero-order valence-corrected chi connectivity index (χ0v) is 11.3. The third kappa shape index (κ3) is 1.95. The van der Waals surface area contributed by atoms with Crippen molar-refractivity contribution in [1.29, 1.82) is 0 Å². The highest BCUT2D eigenvalue weighted by Crippen LogP contribution is 2.36. The molecule has 0 bridgehead atoms. The second kappa shape index (κ2) is 4.43. The number of nitrogens with zero attached hydrogens (tertiary/aromatic N) is 1. The highest BCUT2D eigenvalue weighted by atomic mass is 35.5. The summed E-state index contributed by atoms with van der Waals surface area (Å²) in [5.41, 5.74) is 10.1. The van der Waals surface area contributed by atoms with Gasteiger partial charge in [-0.15, -0.1) is 0 Å². The number of hydrogen-bond acceptors (Lipinski definition) is 2. The van der Waals surface area contributed by atoms with E-state index in [0.717, 1.165) is 32.9 Å². The summed E-state index contributed by atoms with van der Waals surface area (Å²) in [4.78, 5) is 4.76. The van der Waals surface area contributed by atoms with Gasteiger partial charge in [0.05, 0.1) is 5.52 Å². The van der Waals surface area contributed by atoms with Gasteiger partial charge in [0, 0.05) is 27.7 Å². The van der Waals surface area contributed by atoms with E-state index < -0.39 is 0 Å². The van der Waals surface area contributed by atoms with Gasteiger partial charge in [-0.1, -0.05) is 24.4 Å². The van der Waals surface area contributed by atoms with Crippen LogP contribution in [0.4, 0.5) is 5.69 Å². The second-order valence-electron chi connectivity index (χ2n) is 5.24. The molecule has 1 aromatic carbocycles. The Morgan fingerprint density at radius 1 is 1.22 bits per heavy atom. The van der Waals surface area contributed by atoms with Crippen LogP contribution < -0.4 is 5.73 Å². The first-order chi connectivity index (χ1) is 8.65. The summed E-state index contributed by atoms with van der Waals surface area (Å²) in [6.07, 6.45) is 5.08. The van der Waals surface area contributed by atoms with Gasteiger partial charge in [-0.25, -0.2) is 0 Å². The smallest absolute Gasteiger partial charge is 0.0741 e. The van der Waals surface area contributed by atoms with Crippen molar-refractivity contribution in [3.05, 3.63) is 34.5 Å². The largest absolute Gasteiger partial charge is 0.398 e. The monoisotopic (exact) mass is 260 g/mol. The molecule has 2 N–H and O–H groups in total. The highest BCUT2D eigenvalue weighted by Gasteiger charge is 2.19. The van der Waals surface area contributed by atoms with Gasteiger partial charge in [0.1, 0.15) is 0 Å². The Labute approximate surface area is 112 Å². The number of rotatable bonds is 1. The van der Waals surface area contributed by atoms with Crippen LogP contribution in [0, 0.1) is 6.92 Å². The van der Waals surface area contributed by atoms with Crippen molar-refractivity contribution in [1.82, 2.24) is 4.98 Å². The molecule has 1 saturated carbocycles. The van der Waals surface area contributed by atoms with E-state index in [4.69, 9.17) is 22.3 Å². The molecule has 0 atom stereocenters. The van der Waals surface area contributed by atoms with Gasteiger partial charge in [-0.05, 0) is 43.5 Å². The number of nitrogen functional groups attached to an aromatic ring is 1. The summed E-state index contributed by atoms with van der Waals surface area (Å²) >= 11 is 6.17. The fourth-order valence-corrected chi connectivity index (χ4v) is 2.99. The maximum Gasteiger partial charge on any atom is 0.0741 e. The molecule has 18 heavy (non-hydrogen) atoms. The van der Waals surface area contributed by atoms with Gasteiger partial charge in [0.25, 0.3) is 0 Å². The van der Waals surface area contributed by atoms with E-state index in [0.29, 0.717) is 5.92 Å². The lowest BCUT2D eigenvalue weighted by Gasteiger charge is -2.12. The third-order valence-electron chi connectivity index (χ3n) is 3.91. The van der Waals surface area contributed by atoms with Crippen LogP contribution in [0.15, 0.2) is 18.2 Å². The van der Waals surface area contributed by atoms with Crippen LogP contribution >= 0.6 is 11.6 Å². The van der Waals surface area contributed by atoms with Crippen LogP contribution in [0.25, 0.3) is 10.9 Å². The molecule has 3 rings (SSSR count). The van der Waals surface area contributed by atoms with Crippen LogP contribution in [0.2, 0.25) is 5.02 Å². The normalized spacial score (nSPS) is 16.6. The van der Waals surface area contributed by atoms with Crippen LogP contribution in [-0.4, -0.2) is 4.98 Å². The van der Waals surface area contributed by atoms with E-state index in [1.807, 2.05) is 25.1 Å². The number of aryl methyl sites for hydroxylation is 1. The quantitative estimate of drug-likeness (QED) is 0.823. The van der Waals surface area contributed by atoms with Gasteiger partial charge in [0.15, 0.2) is 0 Å². The summed E-state index contributed by atoms with van der Waals surface area (Å²) in [6.45, 7) is 1.99. The van der Waals surface area contributed by atoms with Crippen molar-refractivity contribution in [2.75, 3.05) is 5.73 Å². The summed E-state index contributed by atoms with van der Waals surface area (Å²) in [7, 11) is 0. The Morgan fingerprint density at radius 2 is 1.94 bits per heavy atom. The van der Waals surface area contributed by atoms with Crippen LogP contribution in [0.1, 0.15) is 42.9 Å². The van der Waals surface area contributed by atoms with Crippen molar-refractivity contribution >= 4 is 28.2 Å². The number of pyridine rings is 1. The minimum Gasteiger partial charge on any atom is -0.398 e. The SMILES string of the molecule is Cc1cc2c(N)cc(C3CCCC3)nc2cc1Cl. The molecule has 2 aromatic rings. The van der Waals surface area contributed by atoms with Crippen LogP contribution in [0.3, 0.4) is 0 Å². The van der Waals surface area contributed by atoms with E-state index in [9.17, 15) is 0 Å². The maximum atomic E-state index is 6.17. The lowest BCUT2D eigenvalue weighted by Crippen LogP contribution is -2.00. The molecule has 2 nitrogen and oxygen atoms in total. The number of nitrogens with two attached hydrogens (primary N) is 1. The number of benzene rings is 1. The van der Waals surface area contributed by atoms with E-state index >= 15 is 0 Å². The highest BCUT2D eigenvalue weighted by molar-refractivity contribution is 6.32. The van der Waals surface area contributed by atoms with Crippen molar-refractivity contribution < 1.29 is 0 Å². The van der Waals surface area contributed by atoms with Gasteiger partial charge in [0.2, 0.25) is 0 Å². The Balaban J connectivity index is 2.16. The minimum atomic E-state index is 0.580. The molecule has 1 aromatic heterocycles. The van der Waals surface area contributed by atoms with Crippen molar-refractivity contribution in [2.45, 2.75) is 38.5 Å². The number of anilines is 1. The van der Waals surface area contributed by atoms with Gasteiger partial charge >= 0.3 is 0 Å². The molecule has 0 aliphatic heterocycles. The Hall–Kier alpha value is -1.28. The average Bonchev–Trinajstić information content (AvgIpc) is 2.85. The van der Waals surface area contributed by atoms with E-state index in [-0.39, 0.29) is 0 Å². The van der Waals surface area contributed by atoms with Gasteiger partial charge < -0.3 is 5.73 Å². The van der Waals surface area contributed by atoms with Crippen molar-refractivity contribution in [3.8, 4) is 0 Å². The van der Waals surface area contributed by atoms with Crippen LogP contribution in [-0.2, 0) is 0 Å². The summed E-state index contributed by atoms with van der Waals surface area (Å²) in [5, 5.41) is 1.77. The van der Waals surface area contributed by atoms with Gasteiger partial charge in [-0.3, -0.25) is 4.98 Å². The topological polar surface area (TPSA) is 38.9 Å². The van der Waals surface area contributed by atoms with Crippen molar-refractivity contribution in [3.63, 3.8) is 0 Å². The molecule has 1 aliphatic rings. The first-order valence-corrected chi connectivity index (χ1v) is 6.89. The predicted octanol–water partition coefficient (Wildman–Crippen LogP) is 4.44. The number of aromatic nitrogens is 1. The molecule has 0 saturated heterocycles. The molecular weight excluding hydrogens is 244 g/mol. The van der Waals surface area contributed by atoms with E-state index in [1.54, 1.807) is 0 Å².